The maximum Gasteiger partial charge on any atom is 0.329 e. The van der Waals surface area contributed by atoms with Crippen LogP contribution in [0.15, 0.2) is 10.6 Å². The van der Waals surface area contributed by atoms with Crippen molar-refractivity contribution in [2.75, 3.05) is 20.3 Å². The number of aromatic nitrogens is 1. The number of carbonyl (C=O) groups excluding carboxylic acids is 1. The molecule has 1 amide bonds. The quantitative estimate of drug-likeness (QED) is 0.861. The van der Waals surface area contributed by atoms with E-state index < -0.39 is 11.6 Å². The molecular formula is C16H22N2O6. The number of amides is 1. The largest absolute Gasteiger partial charge is 0.480 e. The Labute approximate surface area is 139 Å². The molecule has 0 spiro atoms. The molecule has 1 N–H and O–H groups in total. The summed E-state index contributed by atoms with van der Waals surface area (Å²) in [6.45, 7) is 2.01. The van der Waals surface area contributed by atoms with Crippen LogP contribution in [0.3, 0.4) is 0 Å². The number of aryl methyl sites for hydroxylation is 1. The Kier molecular flexibility index (Phi) is 4.60. The van der Waals surface area contributed by atoms with Gasteiger partial charge < -0.3 is 24.0 Å². The minimum Gasteiger partial charge on any atom is -0.480 e. The number of fused-ring (bicyclic) bond motifs is 1. The number of nitrogens with zero attached hydrogens (tertiary/aromatic N) is 2. The van der Waals surface area contributed by atoms with Crippen LogP contribution >= 0.6 is 0 Å². The van der Waals surface area contributed by atoms with E-state index in [1.54, 1.807) is 25.0 Å². The molecule has 2 heterocycles. The molecule has 1 aromatic rings. The van der Waals surface area contributed by atoms with E-state index >= 15 is 0 Å². The molecule has 1 aromatic heterocycles. The van der Waals surface area contributed by atoms with Crippen LogP contribution in [-0.2, 0) is 14.3 Å². The number of carbonyl (C=O) groups is 2. The normalized spacial score (nSPS) is 29.5. The van der Waals surface area contributed by atoms with Gasteiger partial charge in [-0.3, -0.25) is 4.79 Å². The maximum atomic E-state index is 12.7. The smallest absolute Gasteiger partial charge is 0.329 e. The monoisotopic (exact) mass is 338 g/mol. The first-order valence-corrected chi connectivity index (χ1v) is 8.08. The average molecular weight is 338 g/mol. The van der Waals surface area contributed by atoms with Gasteiger partial charge in [0.1, 0.15) is 6.61 Å². The van der Waals surface area contributed by atoms with Crippen LogP contribution in [0.4, 0.5) is 0 Å². The Morgan fingerprint density at radius 3 is 2.92 bits per heavy atom. The van der Waals surface area contributed by atoms with Crippen molar-refractivity contribution in [1.82, 2.24) is 10.1 Å². The molecular weight excluding hydrogens is 316 g/mol. The minimum absolute atomic E-state index is 0.159. The van der Waals surface area contributed by atoms with Gasteiger partial charge in [0.15, 0.2) is 0 Å². The number of hydrogen-bond donors (Lipinski definition) is 1. The van der Waals surface area contributed by atoms with Crippen LogP contribution in [0.25, 0.3) is 0 Å². The van der Waals surface area contributed by atoms with E-state index in [2.05, 4.69) is 5.16 Å². The predicted molar refractivity (Wildman–Crippen MR) is 81.6 cm³/mol. The summed E-state index contributed by atoms with van der Waals surface area (Å²) in [6, 6.07) is 1.46. The highest BCUT2D eigenvalue weighted by Crippen LogP contribution is 2.43. The average Bonchev–Trinajstić information content (AvgIpc) is 3.16. The first-order valence-electron chi connectivity index (χ1n) is 8.08. The van der Waals surface area contributed by atoms with Crippen LogP contribution in [0, 0.1) is 6.92 Å². The van der Waals surface area contributed by atoms with Crippen molar-refractivity contribution in [3.63, 3.8) is 0 Å². The van der Waals surface area contributed by atoms with Crippen molar-refractivity contribution in [2.45, 2.75) is 50.4 Å². The maximum absolute atomic E-state index is 12.7. The lowest BCUT2D eigenvalue weighted by atomic mass is 9.79. The third-order valence-electron chi connectivity index (χ3n) is 5.08. The summed E-state index contributed by atoms with van der Waals surface area (Å²) in [5.41, 5.74) is 0.259. The highest BCUT2D eigenvalue weighted by Gasteiger charge is 2.53. The minimum atomic E-state index is -0.991. The van der Waals surface area contributed by atoms with E-state index in [0.29, 0.717) is 18.7 Å². The third kappa shape index (κ3) is 3.03. The van der Waals surface area contributed by atoms with Gasteiger partial charge in [-0.25, -0.2) is 4.79 Å². The molecule has 1 saturated carbocycles. The Balaban J connectivity index is 1.76. The summed E-state index contributed by atoms with van der Waals surface area (Å²) in [7, 11) is 1.66. The standard InChI is InChI=1S/C16H22N2O6/c1-10-7-12(24-17-10)15(21)18-6-5-16(22-2)4-3-11(8-13(16)18)23-9-14(19)20/h7,11,13H,3-6,8-9H2,1-2H3,(H,19,20)/t11-,13-,16+/m0/s1. The molecule has 1 saturated heterocycles. The molecule has 8 nitrogen and oxygen atoms in total. The molecule has 24 heavy (non-hydrogen) atoms. The van der Waals surface area contributed by atoms with E-state index in [9.17, 15) is 9.59 Å². The molecule has 2 aliphatic rings. The van der Waals surface area contributed by atoms with Crippen molar-refractivity contribution < 1.29 is 28.7 Å². The first-order chi connectivity index (χ1) is 11.4. The molecule has 132 valence electrons. The molecule has 3 atom stereocenters. The Hall–Kier alpha value is -1.93. The van der Waals surface area contributed by atoms with Gasteiger partial charge in [0.05, 0.1) is 23.4 Å². The van der Waals surface area contributed by atoms with Gasteiger partial charge in [0.25, 0.3) is 5.91 Å². The molecule has 0 aromatic carbocycles. The number of aliphatic carboxylic acids is 1. The fourth-order valence-corrected chi connectivity index (χ4v) is 3.85. The number of ether oxygens (including phenoxy) is 2. The zero-order chi connectivity index (χ0) is 17.3. The highest BCUT2D eigenvalue weighted by atomic mass is 16.5. The predicted octanol–water partition coefficient (Wildman–Crippen LogP) is 1.24. The third-order valence-corrected chi connectivity index (χ3v) is 5.08. The summed E-state index contributed by atoms with van der Waals surface area (Å²) in [5, 5.41) is 12.6. The van der Waals surface area contributed by atoms with Gasteiger partial charge in [-0.1, -0.05) is 5.16 Å². The molecule has 0 unspecified atom stereocenters. The number of rotatable bonds is 5. The van der Waals surface area contributed by atoms with Gasteiger partial charge >= 0.3 is 5.97 Å². The van der Waals surface area contributed by atoms with Crippen molar-refractivity contribution in [3.05, 3.63) is 17.5 Å². The summed E-state index contributed by atoms with van der Waals surface area (Å²) in [6.07, 6.45) is 2.57. The Morgan fingerprint density at radius 1 is 1.50 bits per heavy atom. The molecule has 1 aliphatic carbocycles. The van der Waals surface area contributed by atoms with Crippen LogP contribution in [0.1, 0.15) is 41.9 Å². The number of likely N-dealkylation sites (tertiary alicyclic amines) is 1. The zero-order valence-electron chi connectivity index (χ0n) is 13.9. The van der Waals surface area contributed by atoms with Crippen molar-refractivity contribution >= 4 is 11.9 Å². The lowest BCUT2D eigenvalue weighted by molar-refractivity contribution is -0.148. The number of hydrogen-bond acceptors (Lipinski definition) is 6. The second kappa shape index (κ2) is 6.52. The summed E-state index contributed by atoms with van der Waals surface area (Å²) in [5.74, 6) is -0.985. The fraction of sp³-hybridized carbons (Fsp3) is 0.688. The summed E-state index contributed by atoms with van der Waals surface area (Å²) < 4.78 is 16.3. The molecule has 2 fully saturated rings. The Bertz CT molecular complexity index is 630. The van der Waals surface area contributed by atoms with E-state index in [4.69, 9.17) is 19.1 Å². The summed E-state index contributed by atoms with van der Waals surface area (Å²) >= 11 is 0. The number of methoxy groups -OCH3 is 1. The zero-order valence-corrected chi connectivity index (χ0v) is 13.9. The van der Waals surface area contributed by atoms with Crippen molar-refractivity contribution in [2.24, 2.45) is 0 Å². The van der Waals surface area contributed by atoms with Gasteiger partial charge in [-0.05, 0) is 32.6 Å². The molecule has 8 heteroatoms. The van der Waals surface area contributed by atoms with E-state index in [-0.39, 0.29) is 30.4 Å². The first kappa shape index (κ1) is 16.9. The lowest BCUT2D eigenvalue weighted by Crippen LogP contribution is -2.53. The van der Waals surface area contributed by atoms with Crippen LogP contribution in [-0.4, -0.2) is 65.0 Å². The van der Waals surface area contributed by atoms with Gasteiger partial charge in [-0.2, -0.15) is 0 Å². The number of carboxylic acids is 1. The van der Waals surface area contributed by atoms with Gasteiger partial charge in [-0.15, -0.1) is 0 Å². The second-order valence-corrected chi connectivity index (χ2v) is 6.47. The molecule has 3 rings (SSSR count). The summed E-state index contributed by atoms with van der Waals surface area (Å²) in [4.78, 5) is 25.2. The van der Waals surface area contributed by atoms with E-state index in [0.717, 1.165) is 19.3 Å². The van der Waals surface area contributed by atoms with E-state index in [1.165, 1.54) is 0 Å². The molecule has 0 bridgehead atoms. The SMILES string of the molecule is CO[C@@]12CC[C@H](OCC(=O)O)C[C@@H]1N(C(=O)c1cc(C)no1)CC2. The Morgan fingerprint density at radius 2 is 2.29 bits per heavy atom. The van der Waals surface area contributed by atoms with Crippen LogP contribution in [0.2, 0.25) is 0 Å². The van der Waals surface area contributed by atoms with Gasteiger partial charge in [0, 0.05) is 19.7 Å². The number of carboxylic acid groups (broad SMARTS) is 1. The van der Waals surface area contributed by atoms with Gasteiger partial charge in [0.2, 0.25) is 5.76 Å². The van der Waals surface area contributed by atoms with Crippen LogP contribution < -0.4 is 0 Å². The molecule has 1 aliphatic heterocycles. The van der Waals surface area contributed by atoms with Crippen molar-refractivity contribution in [3.8, 4) is 0 Å². The van der Waals surface area contributed by atoms with Crippen molar-refractivity contribution in [1.29, 1.82) is 0 Å². The van der Waals surface area contributed by atoms with Crippen LogP contribution in [0.5, 0.6) is 0 Å². The van der Waals surface area contributed by atoms with E-state index in [1.807, 2.05) is 0 Å². The highest BCUT2D eigenvalue weighted by molar-refractivity contribution is 5.92. The molecule has 0 radical (unpaired) electrons. The second-order valence-electron chi connectivity index (χ2n) is 6.47. The lowest BCUT2D eigenvalue weighted by Gasteiger charge is -2.43. The topological polar surface area (TPSA) is 102 Å². The fourth-order valence-electron chi connectivity index (χ4n) is 3.85.